The van der Waals surface area contributed by atoms with E-state index in [-0.39, 0.29) is 5.56 Å². The third kappa shape index (κ3) is 2.36. The summed E-state index contributed by atoms with van der Waals surface area (Å²) in [5, 5.41) is 4.34. The first-order valence-corrected chi connectivity index (χ1v) is 6.85. The lowest BCUT2D eigenvalue weighted by atomic mass is 10.0. The minimum atomic E-state index is -0.0420. The van der Waals surface area contributed by atoms with Crippen molar-refractivity contribution >= 4 is 0 Å². The number of hydrogen-bond acceptors (Lipinski definition) is 4. The summed E-state index contributed by atoms with van der Waals surface area (Å²) >= 11 is 0. The minimum Gasteiger partial charge on any atom is -0.292 e. The zero-order valence-electron chi connectivity index (χ0n) is 11.8. The highest BCUT2D eigenvalue weighted by Gasteiger charge is 2.23. The molecule has 0 spiro atoms. The molecule has 2 aromatic rings. The normalized spacial score (nSPS) is 16.7. The largest absolute Gasteiger partial charge is 0.292 e. The van der Waals surface area contributed by atoms with Crippen molar-refractivity contribution in [3.8, 4) is 0 Å². The molecule has 1 unspecified atom stereocenters. The number of hydrogen-bond donors (Lipinski definition) is 0. The van der Waals surface area contributed by atoms with Gasteiger partial charge in [-0.05, 0) is 24.1 Å². The van der Waals surface area contributed by atoms with Crippen LogP contribution in [0.4, 0.5) is 0 Å². The van der Waals surface area contributed by atoms with Gasteiger partial charge in [0.25, 0.3) is 5.56 Å². The van der Waals surface area contributed by atoms with E-state index in [1.54, 1.807) is 19.3 Å². The van der Waals surface area contributed by atoms with E-state index in [9.17, 15) is 4.79 Å². The van der Waals surface area contributed by atoms with Crippen LogP contribution in [0.3, 0.4) is 0 Å². The van der Waals surface area contributed by atoms with Crippen LogP contribution in [0.25, 0.3) is 0 Å². The Morgan fingerprint density at radius 2 is 2.25 bits per heavy atom. The van der Waals surface area contributed by atoms with Gasteiger partial charge < -0.3 is 0 Å². The van der Waals surface area contributed by atoms with Crippen LogP contribution in [-0.2, 0) is 20.0 Å². The SMILES string of the molecule is CC(c1cccnc1)N1CCc2nn(C)c(=O)cc2C1. The fourth-order valence-electron chi connectivity index (χ4n) is 2.68. The van der Waals surface area contributed by atoms with E-state index in [0.29, 0.717) is 6.04 Å². The number of fused-ring (bicyclic) bond motifs is 1. The average Bonchev–Trinajstić information content (AvgIpc) is 2.48. The Bertz CT molecular complexity index is 665. The van der Waals surface area contributed by atoms with Crippen molar-refractivity contribution in [2.45, 2.75) is 25.9 Å². The van der Waals surface area contributed by atoms with Gasteiger partial charge >= 0.3 is 0 Å². The molecule has 3 heterocycles. The molecule has 104 valence electrons. The Labute approximate surface area is 117 Å². The Morgan fingerprint density at radius 1 is 1.40 bits per heavy atom. The highest BCUT2D eigenvalue weighted by Crippen LogP contribution is 2.25. The first-order valence-electron chi connectivity index (χ1n) is 6.85. The van der Waals surface area contributed by atoms with Gasteiger partial charge in [0.05, 0.1) is 5.69 Å². The molecule has 5 nitrogen and oxygen atoms in total. The molecule has 5 heteroatoms. The number of nitrogens with zero attached hydrogens (tertiary/aromatic N) is 4. The van der Waals surface area contributed by atoms with Crippen molar-refractivity contribution in [3.63, 3.8) is 0 Å². The quantitative estimate of drug-likeness (QED) is 0.825. The van der Waals surface area contributed by atoms with Gasteiger partial charge in [0.15, 0.2) is 0 Å². The Hall–Kier alpha value is -2.01. The molecule has 2 aromatic heterocycles. The maximum absolute atomic E-state index is 11.7. The van der Waals surface area contributed by atoms with E-state index in [2.05, 4.69) is 28.0 Å². The number of aryl methyl sites for hydroxylation is 1. The first-order chi connectivity index (χ1) is 9.65. The zero-order valence-corrected chi connectivity index (χ0v) is 11.8. The van der Waals surface area contributed by atoms with E-state index in [4.69, 9.17) is 0 Å². The summed E-state index contributed by atoms with van der Waals surface area (Å²) in [5.74, 6) is 0. The monoisotopic (exact) mass is 270 g/mol. The van der Waals surface area contributed by atoms with Crippen LogP contribution in [0.5, 0.6) is 0 Å². The van der Waals surface area contributed by atoms with Crippen molar-refractivity contribution in [1.82, 2.24) is 19.7 Å². The van der Waals surface area contributed by atoms with Crippen molar-refractivity contribution in [1.29, 1.82) is 0 Å². The average molecular weight is 270 g/mol. The van der Waals surface area contributed by atoms with Crippen molar-refractivity contribution < 1.29 is 0 Å². The smallest absolute Gasteiger partial charge is 0.266 e. The molecule has 0 fully saturated rings. The summed E-state index contributed by atoms with van der Waals surface area (Å²) in [7, 11) is 1.70. The first kappa shape index (κ1) is 13.0. The van der Waals surface area contributed by atoms with Crippen molar-refractivity contribution in [2.75, 3.05) is 6.54 Å². The molecule has 0 amide bonds. The molecule has 0 N–H and O–H groups in total. The molecule has 0 radical (unpaired) electrons. The summed E-state index contributed by atoms with van der Waals surface area (Å²) in [6, 6.07) is 6.06. The van der Waals surface area contributed by atoms with Crippen molar-refractivity contribution in [2.24, 2.45) is 7.05 Å². The van der Waals surface area contributed by atoms with Gasteiger partial charge in [-0.25, -0.2) is 4.68 Å². The van der Waals surface area contributed by atoms with Gasteiger partial charge in [-0.15, -0.1) is 0 Å². The predicted octanol–water partition coefficient (Wildman–Crippen LogP) is 1.29. The summed E-state index contributed by atoms with van der Waals surface area (Å²) in [4.78, 5) is 18.2. The predicted molar refractivity (Wildman–Crippen MR) is 76.2 cm³/mol. The van der Waals surface area contributed by atoms with Crippen LogP contribution in [-0.4, -0.2) is 26.2 Å². The second-order valence-corrected chi connectivity index (χ2v) is 5.26. The molecule has 0 aliphatic carbocycles. The molecule has 1 atom stereocenters. The van der Waals surface area contributed by atoms with E-state index >= 15 is 0 Å². The minimum absolute atomic E-state index is 0.0420. The zero-order chi connectivity index (χ0) is 14.1. The number of pyridine rings is 1. The van der Waals surface area contributed by atoms with E-state index < -0.39 is 0 Å². The maximum Gasteiger partial charge on any atom is 0.266 e. The Morgan fingerprint density at radius 3 is 3.00 bits per heavy atom. The van der Waals surface area contributed by atoms with Crippen LogP contribution < -0.4 is 5.56 Å². The lowest BCUT2D eigenvalue weighted by Crippen LogP contribution is -2.35. The molecule has 0 saturated carbocycles. The van der Waals surface area contributed by atoms with Gasteiger partial charge in [0.2, 0.25) is 0 Å². The summed E-state index contributed by atoms with van der Waals surface area (Å²) in [6.45, 7) is 3.90. The third-order valence-electron chi connectivity index (χ3n) is 3.98. The van der Waals surface area contributed by atoms with Crippen LogP contribution in [0.2, 0.25) is 0 Å². The van der Waals surface area contributed by atoms with Crippen LogP contribution in [0.1, 0.15) is 29.8 Å². The second-order valence-electron chi connectivity index (χ2n) is 5.26. The standard InChI is InChI=1S/C15H18N4O/c1-11(12-4-3-6-16-9-12)19-7-5-14-13(10-19)8-15(20)18(2)17-14/h3-4,6,8-9,11H,5,7,10H2,1-2H3. The highest BCUT2D eigenvalue weighted by atomic mass is 16.1. The molecule has 1 aliphatic heterocycles. The van der Waals surface area contributed by atoms with Gasteiger partial charge in [0, 0.05) is 51.1 Å². The molecule has 0 saturated heterocycles. The molecular weight excluding hydrogens is 252 g/mol. The van der Waals surface area contributed by atoms with Gasteiger partial charge in [-0.3, -0.25) is 14.7 Å². The van der Waals surface area contributed by atoms with Crippen LogP contribution >= 0.6 is 0 Å². The van der Waals surface area contributed by atoms with Gasteiger partial charge in [0.1, 0.15) is 0 Å². The van der Waals surface area contributed by atoms with Crippen LogP contribution in [0.15, 0.2) is 35.4 Å². The Kier molecular flexibility index (Phi) is 3.36. The van der Waals surface area contributed by atoms with E-state index in [1.807, 2.05) is 12.3 Å². The number of rotatable bonds is 2. The molecule has 1 aliphatic rings. The molecule has 20 heavy (non-hydrogen) atoms. The third-order valence-corrected chi connectivity index (χ3v) is 3.98. The Balaban J connectivity index is 1.85. The fraction of sp³-hybridized carbons (Fsp3) is 0.400. The highest BCUT2D eigenvalue weighted by molar-refractivity contribution is 5.22. The lowest BCUT2D eigenvalue weighted by molar-refractivity contribution is 0.189. The van der Waals surface area contributed by atoms with Crippen LogP contribution in [0, 0.1) is 0 Å². The van der Waals surface area contributed by atoms with Gasteiger partial charge in [-0.1, -0.05) is 6.07 Å². The molecule has 3 rings (SSSR count). The topological polar surface area (TPSA) is 51.0 Å². The lowest BCUT2D eigenvalue weighted by Gasteiger charge is -2.33. The van der Waals surface area contributed by atoms with Gasteiger partial charge in [-0.2, -0.15) is 5.10 Å². The number of aromatic nitrogens is 3. The molecular formula is C15H18N4O. The molecule has 0 bridgehead atoms. The maximum atomic E-state index is 11.7. The summed E-state index contributed by atoms with van der Waals surface area (Å²) in [6.07, 6.45) is 4.58. The van der Waals surface area contributed by atoms with E-state index in [0.717, 1.165) is 30.8 Å². The van der Waals surface area contributed by atoms with E-state index in [1.165, 1.54) is 10.2 Å². The van der Waals surface area contributed by atoms with Crippen molar-refractivity contribution in [3.05, 3.63) is 57.8 Å². The summed E-state index contributed by atoms with van der Waals surface area (Å²) < 4.78 is 1.42. The molecule has 0 aromatic carbocycles. The second kappa shape index (κ2) is 5.17. The fourth-order valence-corrected chi connectivity index (χ4v) is 2.68. The summed E-state index contributed by atoms with van der Waals surface area (Å²) in [5.41, 5.74) is 3.25.